The number of amides is 2. The Labute approximate surface area is 114 Å². The van der Waals surface area contributed by atoms with Gasteiger partial charge >= 0.3 is 6.09 Å². The minimum Gasteiger partial charge on any atom is -0.453 e. The molecule has 1 heterocycles. The van der Waals surface area contributed by atoms with Gasteiger partial charge < -0.3 is 20.3 Å². The number of unbranched alkanes of at least 4 members (excludes halogenated alkanes) is 3. The van der Waals surface area contributed by atoms with Crippen LogP contribution >= 0.6 is 0 Å². The fourth-order valence-corrected chi connectivity index (χ4v) is 2.20. The average molecular weight is 271 g/mol. The number of ether oxygens (including phenoxy) is 1. The predicted molar refractivity (Wildman–Crippen MR) is 72.7 cm³/mol. The number of nitrogens with two attached hydrogens (primary N) is 1. The van der Waals surface area contributed by atoms with E-state index in [4.69, 9.17) is 5.73 Å². The third-order valence-corrected chi connectivity index (χ3v) is 3.41. The van der Waals surface area contributed by atoms with Crippen LogP contribution in [0.1, 0.15) is 32.1 Å². The first kappa shape index (κ1) is 15.8. The van der Waals surface area contributed by atoms with Crippen molar-refractivity contribution in [2.45, 2.75) is 32.1 Å². The van der Waals surface area contributed by atoms with E-state index in [0.29, 0.717) is 32.6 Å². The number of nitrogens with zero attached hydrogens (tertiary/aromatic N) is 2. The molecule has 19 heavy (non-hydrogen) atoms. The molecule has 2 N–H and O–H groups in total. The van der Waals surface area contributed by atoms with Crippen LogP contribution in [0.3, 0.4) is 0 Å². The van der Waals surface area contributed by atoms with Crippen molar-refractivity contribution >= 4 is 12.0 Å². The number of piperazine rings is 1. The summed E-state index contributed by atoms with van der Waals surface area (Å²) >= 11 is 0. The lowest BCUT2D eigenvalue weighted by Gasteiger charge is -2.33. The molecule has 0 aliphatic carbocycles. The summed E-state index contributed by atoms with van der Waals surface area (Å²) in [6, 6.07) is 0. The Kier molecular flexibility index (Phi) is 7.25. The van der Waals surface area contributed by atoms with Crippen molar-refractivity contribution in [2.75, 3.05) is 39.8 Å². The van der Waals surface area contributed by atoms with E-state index in [2.05, 4.69) is 4.74 Å². The first-order valence-electron chi connectivity index (χ1n) is 6.99. The van der Waals surface area contributed by atoms with Gasteiger partial charge in [-0.3, -0.25) is 4.79 Å². The summed E-state index contributed by atoms with van der Waals surface area (Å²) in [5.41, 5.74) is 5.42. The molecule has 0 atom stereocenters. The Bertz CT molecular complexity index is 289. The standard InChI is InChI=1S/C13H25N3O3/c1-19-13(18)16-10-8-15(9-11-16)12(17)6-4-2-3-5-7-14/h2-11,14H2,1H3. The number of methoxy groups -OCH3 is 1. The third kappa shape index (κ3) is 5.46. The Morgan fingerprint density at radius 3 is 2.16 bits per heavy atom. The second kappa shape index (κ2) is 8.74. The zero-order chi connectivity index (χ0) is 14.1. The molecule has 110 valence electrons. The zero-order valence-corrected chi connectivity index (χ0v) is 11.8. The van der Waals surface area contributed by atoms with Crippen molar-refractivity contribution in [3.05, 3.63) is 0 Å². The van der Waals surface area contributed by atoms with Crippen LogP contribution in [0.25, 0.3) is 0 Å². The molecule has 1 aliphatic rings. The molecular weight excluding hydrogens is 246 g/mol. The van der Waals surface area contributed by atoms with Crippen LogP contribution in [-0.2, 0) is 9.53 Å². The van der Waals surface area contributed by atoms with Crippen molar-refractivity contribution in [3.8, 4) is 0 Å². The molecule has 0 aromatic carbocycles. The summed E-state index contributed by atoms with van der Waals surface area (Å²) in [6.45, 7) is 3.06. The normalized spacial score (nSPS) is 15.5. The Morgan fingerprint density at radius 1 is 1.00 bits per heavy atom. The minimum atomic E-state index is -0.311. The maximum atomic E-state index is 11.9. The van der Waals surface area contributed by atoms with Crippen LogP contribution < -0.4 is 5.73 Å². The first-order chi connectivity index (χ1) is 9.19. The largest absolute Gasteiger partial charge is 0.453 e. The Morgan fingerprint density at radius 2 is 1.58 bits per heavy atom. The lowest BCUT2D eigenvalue weighted by molar-refractivity contribution is -0.132. The fourth-order valence-electron chi connectivity index (χ4n) is 2.20. The molecule has 0 aromatic heterocycles. The molecule has 0 aromatic rings. The van der Waals surface area contributed by atoms with Gasteiger partial charge in [-0.2, -0.15) is 0 Å². The number of carbonyl (C=O) groups excluding carboxylic acids is 2. The highest BCUT2D eigenvalue weighted by Crippen LogP contribution is 2.08. The molecule has 0 saturated carbocycles. The summed E-state index contributed by atoms with van der Waals surface area (Å²) < 4.78 is 4.66. The van der Waals surface area contributed by atoms with E-state index in [1.165, 1.54) is 7.11 Å². The van der Waals surface area contributed by atoms with E-state index < -0.39 is 0 Å². The van der Waals surface area contributed by atoms with Crippen LogP contribution in [-0.4, -0.2) is 61.6 Å². The van der Waals surface area contributed by atoms with Crippen LogP contribution in [0.5, 0.6) is 0 Å². The van der Waals surface area contributed by atoms with E-state index in [1.54, 1.807) is 4.90 Å². The van der Waals surface area contributed by atoms with Gasteiger partial charge in [-0.05, 0) is 19.4 Å². The number of hydrogen-bond acceptors (Lipinski definition) is 4. The van der Waals surface area contributed by atoms with Gasteiger partial charge in [-0.15, -0.1) is 0 Å². The maximum Gasteiger partial charge on any atom is 0.409 e. The minimum absolute atomic E-state index is 0.192. The van der Waals surface area contributed by atoms with Gasteiger partial charge in [0.25, 0.3) is 0 Å². The molecule has 6 heteroatoms. The molecule has 6 nitrogen and oxygen atoms in total. The van der Waals surface area contributed by atoms with E-state index >= 15 is 0 Å². The summed E-state index contributed by atoms with van der Waals surface area (Å²) in [6.07, 6.45) is 4.41. The second-order valence-electron chi connectivity index (χ2n) is 4.79. The van der Waals surface area contributed by atoms with Gasteiger partial charge in [0.2, 0.25) is 5.91 Å². The lowest BCUT2D eigenvalue weighted by Crippen LogP contribution is -2.50. The molecule has 1 fully saturated rings. The second-order valence-corrected chi connectivity index (χ2v) is 4.79. The third-order valence-electron chi connectivity index (χ3n) is 3.41. The molecule has 0 radical (unpaired) electrons. The molecule has 0 spiro atoms. The quantitative estimate of drug-likeness (QED) is 0.725. The van der Waals surface area contributed by atoms with Crippen molar-refractivity contribution < 1.29 is 14.3 Å². The van der Waals surface area contributed by atoms with Crippen molar-refractivity contribution in [1.82, 2.24) is 9.80 Å². The number of rotatable bonds is 6. The molecular formula is C13H25N3O3. The van der Waals surface area contributed by atoms with Crippen LogP contribution in [0.4, 0.5) is 4.79 Å². The highest BCUT2D eigenvalue weighted by molar-refractivity contribution is 5.76. The Balaban J connectivity index is 2.16. The van der Waals surface area contributed by atoms with Crippen molar-refractivity contribution in [2.24, 2.45) is 5.73 Å². The molecule has 0 unspecified atom stereocenters. The molecule has 2 amide bonds. The average Bonchev–Trinajstić information content (AvgIpc) is 2.46. The van der Waals surface area contributed by atoms with E-state index in [0.717, 1.165) is 32.2 Å². The van der Waals surface area contributed by atoms with E-state index in [9.17, 15) is 9.59 Å². The van der Waals surface area contributed by atoms with Crippen LogP contribution in [0.2, 0.25) is 0 Å². The van der Waals surface area contributed by atoms with Crippen molar-refractivity contribution in [3.63, 3.8) is 0 Å². The van der Waals surface area contributed by atoms with Gasteiger partial charge in [0.15, 0.2) is 0 Å². The lowest BCUT2D eigenvalue weighted by atomic mass is 10.1. The highest BCUT2D eigenvalue weighted by atomic mass is 16.5. The maximum absolute atomic E-state index is 11.9. The van der Waals surface area contributed by atoms with Crippen LogP contribution in [0.15, 0.2) is 0 Å². The van der Waals surface area contributed by atoms with Gasteiger partial charge in [0.1, 0.15) is 0 Å². The summed E-state index contributed by atoms with van der Waals surface area (Å²) in [4.78, 5) is 26.7. The molecule has 1 aliphatic heterocycles. The SMILES string of the molecule is COC(=O)N1CCN(C(=O)CCCCCCN)CC1. The van der Waals surface area contributed by atoms with Gasteiger partial charge in [-0.25, -0.2) is 4.79 Å². The van der Waals surface area contributed by atoms with Gasteiger partial charge in [-0.1, -0.05) is 12.8 Å². The summed E-state index contributed by atoms with van der Waals surface area (Å²) in [5, 5.41) is 0. The topological polar surface area (TPSA) is 75.9 Å². The number of carbonyl (C=O) groups is 2. The van der Waals surface area contributed by atoms with Gasteiger partial charge in [0.05, 0.1) is 7.11 Å². The fraction of sp³-hybridized carbons (Fsp3) is 0.846. The first-order valence-corrected chi connectivity index (χ1v) is 6.99. The van der Waals surface area contributed by atoms with Crippen molar-refractivity contribution in [1.29, 1.82) is 0 Å². The van der Waals surface area contributed by atoms with Gasteiger partial charge in [0, 0.05) is 32.6 Å². The molecule has 1 rings (SSSR count). The molecule has 0 bridgehead atoms. The van der Waals surface area contributed by atoms with E-state index in [-0.39, 0.29) is 12.0 Å². The summed E-state index contributed by atoms with van der Waals surface area (Å²) in [5.74, 6) is 0.192. The van der Waals surface area contributed by atoms with E-state index in [1.807, 2.05) is 4.90 Å². The number of hydrogen-bond donors (Lipinski definition) is 1. The predicted octanol–water partition coefficient (Wildman–Crippen LogP) is 0.806. The highest BCUT2D eigenvalue weighted by Gasteiger charge is 2.23. The smallest absolute Gasteiger partial charge is 0.409 e. The zero-order valence-electron chi connectivity index (χ0n) is 11.8. The Hall–Kier alpha value is -1.30. The summed E-state index contributed by atoms with van der Waals surface area (Å²) in [7, 11) is 1.38. The molecule has 1 saturated heterocycles. The monoisotopic (exact) mass is 271 g/mol. The van der Waals surface area contributed by atoms with Crippen LogP contribution in [0, 0.1) is 0 Å².